The molecule has 0 amide bonds. The van der Waals surface area contributed by atoms with E-state index in [4.69, 9.17) is 14.2 Å². The molecule has 0 saturated carbocycles. The Bertz CT molecular complexity index is 858. The first-order chi connectivity index (χ1) is 12.6. The van der Waals surface area contributed by atoms with E-state index in [2.05, 4.69) is 38.3 Å². The van der Waals surface area contributed by atoms with Crippen molar-refractivity contribution in [2.75, 3.05) is 6.61 Å². The Labute approximate surface area is 154 Å². The van der Waals surface area contributed by atoms with Crippen molar-refractivity contribution in [1.82, 2.24) is 0 Å². The quantitative estimate of drug-likeness (QED) is 0.476. The van der Waals surface area contributed by atoms with Crippen molar-refractivity contribution in [2.24, 2.45) is 0 Å². The zero-order valence-corrected chi connectivity index (χ0v) is 15.5. The molecule has 26 heavy (non-hydrogen) atoms. The Morgan fingerprint density at radius 3 is 2.12 bits per heavy atom. The molecule has 134 valence electrons. The topological polar surface area (TPSA) is 27.7 Å². The molecule has 0 unspecified atom stereocenters. The number of allylic oxidation sites excluding steroid dienone is 1. The SMILES string of the molecule is C=C(C)c1cc2c3c(c1)OCc1cc(C(=C)OCCCC)cc(c1-3)OC2. The Hall–Kier alpha value is -2.68. The van der Waals surface area contributed by atoms with Gasteiger partial charge in [0, 0.05) is 27.8 Å². The first kappa shape index (κ1) is 16.8. The summed E-state index contributed by atoms with van der Waals surface area (Å²) in [7, 11) is 0. The summed E-state index contributed by atoms with van der Waals surface area (Å²) < 4.78 is 18.0. The van der Waals surface area contributed by atoms with Crippen LogP contribution in [0.1, 0.15) is 48.9 Å². The third-order valence-electron chi connectivity index (χ3n) is 4.97. The van der Waals surface area contributed by atoms with Crippen LogP contribution in [0.4, 0.5) is 0 Å². The fourth-order valence-electron chi connectivity index (χ4n) is 3.51. The number of unbranched alkanes of at least 4 members (excludes halogenated alkanes) is 1. The number of ether oxygens (including phenoxy) is 3. The van der Waals surface area contributed by atoms with Gasteiger partial charge in [-0.25, -0.2) is 0 Å². The van der Waals surface area contributed by atoms with Crippen LogP contribution in [0.3, 0.4) is 0 Å². The second kappa shape index (κ2) is 6.56. The van der Waals surface area contributed by atoms with Crippen molar-refractivity contribution in [3.05, 3.63) is 59.7 Å². The van der Waals surface area contributed by atoms with Gasteiger partial charge < -0.3 is 14.2 Å². The van der Waals surface area contributed by atoms with E-state index in [1.165, 1.54) is 0 Å². The summed E-state index contributed by atoms with van der Waals surface area (Å²) in [5.74, 6) is 2.50. The van der Waals surface area contributed by atoms with E-state index < -0.39 is 0 Å². The summed E-state index contributed by atoms with van der Waals surface area (Å²) in [5, 5.41) is 0. The molecule has 0 aromatic heterocycles. The van der Waals surface area contributed by atoms with Gasteiger partial charge in [0.2, 0.25) is 0 Å². The van der Waals surface area contributed by atoms with Crippen LogP contribution in [0.2, 0.25) is 0 Å². The van der Waals surface area contributed by atoms with Gasteiger partial charge in [0.25, 0.3) is 0 Å². The summed E-state index contributed by atoms with van der Waals surface area (Å²) >= 11 is 0. The van der Waals surface area contributed by atoms with Crippen molar-refractivity contribution in [3.8, 4) is 22.6 Å². The number of hydrogen-bond acceptors (Lipinski definition) is 3. The molecule has 0 N–H and O–H groups in total. The minimum Gasteiger partial charge on any atom is -0.494 e. The molecule has 3 heteroatoms. The van der Waals surface area contributed by atoms with Crippen molar-refractivity contribution >= 4 is 11.3 Å². The smallest absolute Gasteiger partial charge is 0.128 e. The zero-order chi connectivity index (χ0) is 18.3. The lowest BCUT2D eigenvalue weighted by Crippen LogP contribution is -2.15. The molecule has 0 saturated heterocycles. The average molecular weight is 348 g/mol. The van der Waals surface area contributed by atoms with Gasteiger partial charge in [-0.3, -0.25) is 0 Å². The van der Waals surface area contributed by atoms with E-state index in [9.17, 15) is 0 Å². The maximum atomic E-state index is 6.09. The molecule has 0 spiro atoms. The maximum absolute atomic E-state index is 6.09. The third-order valence-corrected chi connectivity index (χ3v) is 4.97. The summed E-state index contributed by atoms with van der Waals surface area (Å²) in [6, 6.07) is 8.39. The molecule has 4 rings (SSSR count). The van der Waals surface area contributed by atoms with E-state index in [1.807, 2.05) is 13.0 Å². The van der Waals surface area contributed by atoms with Gasteiger partial charge in [0.05, 0.1) is 6.61 Å². The van der Waals surface area contributed by atoms with E-state index in [0.717, 1.165) is 63.3 Å². The van der Waals surface area contributed by atoms with Gasteiger partial charge in [-0.15, -0.1) is 0 Å². The highest BCUT2D eigenvalue weighted by molar-refractivity contribution is 5.87. The fourth-order valence-corrected chi connectivity index (χ4v) is 3.51. The maximum Gasteiger partial charge on any atom is 0.128 e. The van der Waals surface area contributed by atoms with Gasteiger partial charge >= 0.3 is 0 Å². The van der Waals surface area contributed by atoms with Crippen LogP contribution in [0.5, 0.6) is 11.5 Å². The van der Waals surface area contributed by atoms with Gasteiger partial charge in [-0.05, 0) is 43.2 Å². The molecule has 0 fully saturated rings. The molecule has 2 heterocycles. The number of rotatable bonds is 6. The van der Waals surface area contributed by atoms with Crippen molar-refractivity contribution in [1.29, 1.82) is 0 Å². The van der Waals surface area contributed by atoms with Crippen LogP contribution in [0.15, 0.2) is 37.4 Å². The first-order valence-corrected chi connectivity index (χ1v) is 9.16. The minimum atomic E-state index is 0.522. The lowest BCUT2D eigenvalue weighted by Gasteiger charge is -2.30. The van der Waals surface area contributed by atoms with Gasteiger partial charge in [-0.1, -0.05) is 32.1 Å². The highest BCUT2D eigenvalue weighted by Crippen LogP contribution is 2.49. The third kappa shape index (κ3) is 2.78. The van der Waals surface area contributed by atoms with E-state index in [1.54, 1.807) is 0 Å². The van der Waals surface area contributed by atoms with Crippen molar-refractivity contribution in [3.63, 3.8) is 0 Å². The van der Waals surface area contributed by atoms with Gasteiger partial charge in [0.15, 0.2) is 0 Å². The van der Waals surface area contributed by atoms with E-state index in [-0.39, 0.29) is 0 Å². The predicted molar refractivity (Wildman–Crippen MR) is 105 cm³/mol. The lowest BCUT2D eigenvalue weighted by molar-refractivity contribution is 0.267. The Kier molecular flexibility index (Phi) is 4.23. The Morgan fingerprint density at radius 1 is 0.962 bits per heavy atom. The van der Waals surface area contributed by atoms with Crippen LogP contribution >= 0.6 is 0 Å². The highest BCUT2D eigenvalue weighted by Gasteiger charge is 2.29. The highest BCUT2D eigenvalue weighted by atomic mass is 16.5. The molecule has 3 nitrogen and oxygen atoms in total. The largest absolute Gasteiger partial charge is 0.494 e. The zero-order valence-electron chi connectivity index (χ0n) is 15.5. The Balaban J connectivity index is 1.75. The fraction of sp³-hybridized carbons (Fsp3) is 0.304. The average Bonchev–Trinajstić information content (AvgIpc) is 2.65. The van der Waals surface area contributed by atoms with Crippen LogP contribution < -0.4 is 9.47 Å². The van der Waals surface area contributed by atoms with Gasteiger partial charge in [-0.2, -0.15) is 0 Å². The van der Waals surface area contributed by atoms with Crippen molar-refractivity contribution < 1.29 is 14.2 Å². The minimum absolute atomic E-state index is 0.522. The molecular weight excluding hydrogens is 324 g/mol. The summed E-state index contributed by atoms with van der Waals surface area (Å²) in [5.41, 5.74) is 7.66. The Morgan fingerprint density at radius 2 is 1.54 bits per heavy atom. The second-order valence-corrected chi connectivity index (χ2v) is 7.00. The van der Waals surface area contributed by atoms with E-state index >= 15 is 0 Å². The molecule has 2 aliphatic heterocycles. The molecule has 0 bridgehead atoms. The molecular formula is C23H24O3. The first-order valence-electron chi connectivity index (χ1n) is 9.16. The summed E-state index contributed by atoms with van der Waals surface area (Å²) in [4.78, 5) is 0. The molecule has 0 aliphatic carbocycles. The van der Waals surface area contributed by atoms with Gasteiger partial charge in [0.1, 0.15) is 30.5 Å². The van der Waals surface area contributed by atoms with E-state index in [0.29, 0.717) is 25.6 Å². The summed E-state index contributed by atoms with van der Waals surface area (Å²) in [6.07, 6.45) is 2.13. The van der Waals surface area contributed by atoms with Crippen LogP contribution in [-0.4, -0.2) is 6.61 Å². The molecule has 0 radical (unpaired) electrons. The van der Waals surface area contributed by atoms with Crippen LogP contribution in [0, 0.1) is 0 Å². The van der Waals surface area contributed by atoms with Crippen molar-refractivity contribution in [2.45, 2.75) is 39.9 Å². The monoisotopic (exact) mass is 348 g/mol. The molecule has 2 aromatic rings. The lowest BCUT2D eigenvalue weighted by atomic mass is 9.87. The normalized spacial score (nSPS) is 13.3. The summed E-state index contributed by atoms with van der Waals surface area (Å²) in [6.45, 7) is 14.0. The standard InChI is InChI=1S/C23H24O3/c1-5-6-7-24-15(4)17-9-19-13-25-20-10-16(14(2)3)8-18-12-26-21(11-17)23(19)22(18)20/h8-11H,2,4-7,12-13H2,1,3H3. The molecule has 0 atom stereocenters. The molecule has 2 aromatic carbocycles. The van der Waals surface area contributed by atoms with Crippen LogP contribution in [-0.2, 0) is 18.0 Å². The van der Waals surface area contributed by atoms with Crippen LogP contribution in [0.25, 0.3) is 22.5 Å². The second-order valence-electron chi connectivity index (χ2n) is 7.00. The molecule has 2 aliphatic rings. The number of benzene rings is 2. The number of hydrogen-bond donors (Lipinski definition) is 0. The predicted octanol–water partition coefficient (Wildman–Crippen LogP) is 5.96.